The summed E-state index contributed by atoms with van der Waals surface area (Å²) in [4.78, 5) is 33.8. The lowest BCUT2D eigenvalue weighted by molar-refractivity contribution is -0.114. The highest BCUT2D eigenvalue weighted by atomic mass is 16.4. The van der Waals surface area contributed by atoms with Crippen LogP contribution in [-0.4, -0.2) is 11.7 Å². The Labute approximate surface area is 115 Å². The Morgan fingerprint density at radius 2 is 1.65 bits per heavy atom. The zero-order valence-electron chi connectivity index (χ0n) is 11.1. The van der Waals surface area contributed by atoms with Crippen LogP contribution in [0, 0.1) is 0 Å². The summed E-state index contributed by atoms with van der Waals surface area (Å²) in [5.74, 6) is 0.00840. The maximum Gasteiger partial charge on any atom is 0.360 e. The van der Waals surface area contributed by atoms with Crippen LogP contribution >= 0.6 is 0 Å². The maximum absolute atomic E-state index is 11.7. The summed E-state index contributed by atoms with van der Waals surface area (Å²) in [6.07, 6.45) is 0. The topological polar surface area (TPSA) is 76.4 Å². The molecule has 0 atom stereocenters. The highest BCUT2D eigenvalue weighted by Crippen LogP contribution is 2.19. The number of Topliss-reactive ketones (excluding diaryl/α,β-unsaturated/α-hetero) is 1. The fourth-order valence-electron chi connectivity index (χ4n) is 1.72. The minimum absolute atomic E-state index is 0.0287. The first kappa shape index (κ1) is 13.7. The van der Waals surface area contributed by atoms with Crippen LogP contribution < -0.4 is 10.9 Å². The largest absolute Gasteiger partial charge is 0.421 e. The molecule has 1 N–H and O–H groups in total. The SMILES string of the molecule is CC(=O)Nc1ccc(-c2ccc(C(C)=O)cc2)oc1=O. The van der Waals surface area contributed by atoms with E-state index in [0.29, 0.717) is 16.9 Å². The van der Waals surface area contributed by atoms with Gasteiger partial charge in [-0.05, 0) is 19.1 Å². The number of carbonyl (C=O) groups excluding carboxylic acids is 2. The number of ketones is 1. The second kappa shape index (κ2) is 5.52. The zero-order chi connectivity index (χ0) is 14.7. The molecule has 0 radical (unpaired) electrons. The van der Waals surface area contributed by atoms with E-state index in [1.165, 1.54) is 19.9 Å². The first-order valence-electron chi connectivity index (χ1n) is 6.00. The van der Waals surface area contributed by atoms with Crippen LogP contribution in [-0.2, 0) is 4.79 Å². The number of nitrogens with one attached hydrogen (secondary N) is 1. The summed E-state index contributed by atoms with van der Waals surface area (Å²) in [5.41, 5.74) is 0.752. The molecule has 2 rings (SSSR count). The van der Waals surface area contributed by atoms with Crippen molar-refractivity contribution in [3.8, 4) is 11.3 Å². The van der Waals surface area contributed by atoms with E-state index < -0.39 is 5.63 Å². The van der Waals surface area contributed by atoms with Crippen molar-refractivity contribution in [1.29, 1.82) is 0 Å². The molecule has 5 nitrogen and oxygen atoms in total. The molecule has 20 heavy (non-hydrogen) atoms. The van der Waals surface area contributed by atoms with Gasteiger partial charge in [0.1, 0.15) is 11.4 Å². The molecule has 0 aliphatic carbocycles. The predicted molar refractivity (Wildman–Crippen MR) is 74.7 cm³/mol. The Balaban J connectivity index is 2.34. The lowest BCUT2D eigenvalue weighted by Gasteiger charge is -2.04. The van der Waals surface area contributed by atoms with Gasteiger partial charge in [-0.3, -0.25) is 9.59 Å². The summed E-state index contributed by atoms with van der Waals surface area (Å²) in [6.45, 7) is 2.80. The molecule has 0 bridgehead atoms. The predicted octanol–water partition coefficient (Wildman–Crippen LogP) is 2.47. The van der Waals surface area contributed by atoms with Gasteiger partial charge in [0.05, 0.1) is 0 Å². The van der Waals surface area contributed by atoms with E-state index >= 15 is 0 Å². The van der Waals surface area contributed by atoms with E-state index in [1.54, 1.807) is 30.3 Å². The highest BCUT2D eigenvalue weighted by Gasteiger charge is 2.07. The molecular weight excluding hydrogens is 258 g/mol. The summed E-state index contributed by atoms with van der Waals surface area (Å²) in [7, 11) is 0. The van der Waals surface area contributed by atoms with E-state index in [1.807, 2.05) is 0 Å². The molecule has 0 aliphatic heterocycles. The molecule has 0 saturated carbocycles. The summed E-state index contributed by atoms with van der Waals surface area (Å²) in [5, 5.41) is 2.39. The molecule has 0 spiro atoms. The molecule has 5 heteroatoms. The average molecular weight is 271 g/mol. The van der Waals surface area contributed by atoms with E-state index in [4.69, 9.17) is 4.42 Å². The van der Waals surface area contributed by atoms with Crippen LogP contribution in [0.3, 0.4) is 0 Å². The molecule has 1 aromatic heterocycles. The van der Waals surface area contributed by atoms with Crippen molar-refractivity contribution in [3.05, 3.63) is 52.4 Å². The number of benzene rings is 1. The van der Waals surface area contributed by atoms with Gasteiger partial charge in [0, 0.05) is 18.1 Å². The molecule has 1 aromatic carbocycles. The Morgan fingerprint density at radius 3 is 2.15 bits per heavy atom. The van der Waals surface area contributed by atoms with Crippen LogP contribution in [0.15, 0.2) is 45.6 Å². The van der Waals surface area contributed by atoms with E-state index in [9.17, 15) is 14.4 Å². The lowest BCUT2D eigenvalue weighted by Crippen LogP contribution is -2.14. The van der Waals surface area contributed by atoms with Crippen LogP contribution in [0.25, 0.3) is 11.3 Å². The van der Waals surface area contributed by atoms with Gasteiger partial charge in [-0.1, -0.05) is 24.3 Å². The van der Waals surface area contributed by atoms with Crippen molar-refractivity contribution >= 4 is 17.4 Å². The van der Waals surface area contributed by atoms with Gasteiger partial charge >= 0.3 is 5.63 Å². The van der Waals surface area contributed by atoms with Crippen molar-refractivity contribution in [3.63, 3.8) is 0 Å². The second-order valence-corrected chi connectivity index (χ2v) is 4.32. The van der Waals surface area contributed by atoms with Gasteiger partial charge in [0.2, 0.25) is 5.91 Å². The van der Waals surface area contributed by atoms with Gasteiger partial charge in [0.15, 0.2) is 5.78 Å². The lowest BCUT2D eigenvalue weighted by atomic mass is 10.1. The Hall–Kier alpha value is -2.69. The van der Waals surface area contributed by atoms with Crippen LogP contribution in [0.1, 0.15) is 24.2 Å². The van der Waals surface area contributed by atoms with Gasteiger partial charge in [0.25, 0.3) is 0 Å². The van der Waals surface area contributed by atoms with Crippen LogP contribution in [0.4, 0.5) is 5.69 Å². The number of anilines is 1. The number of hydrogen-bond acceptors (Lipinski definition) is 4. The standard InChI is InChI=1S/C15H13NO4/c1-9(17)11-3-5-12(6-4-11)14-8-7-13(15(19)20-14)16-10(2)18/h3-8H,1-2H3,(H,16,18). The van der Waals surface area contributed by atoms with Gasteiger partial charge in [-0.15, -0.1) is 0 Å². The molecule has 0 aliphatic rings. The zero-order valence-corrected chi connectivity index (χ0v) is 11.1. The van der Waals surface area contributed by atoms with Gasteiger partial charge < -0.3 is 9.73 Å². The average Bonchev–Trinajstić information content (AvgIpc) is 2.41. The van der Waals surface area contributed by atoms with Gasteiger partial charge in [-0.2, -0.15) is 0 Å². The first-order valence-corrected chi connectivity index (χ1v) is 6.00. The van der Waals surface area contributed by atoms with E-state index in [2.05, 4.69) is 5.32 Å². The van der Waals surface area contributed by atoms with E-state index in [-0.39, 0.29) is 17.4 Å². The summed E-state index contributed by atoms with van der Waals surface area (Å²) >= 11 is 0. The monoisotopic (exact) mass is 271 g/mol. The van der Waals surface area contributed by atoms with E-state index in [0.717, 1.165) is 0 Å². The number of carbonyl (C=O) groups is 2. The van der Waals surface area contributed by atoms with Crippen molar-refractivity contribution in [2.75, 3.05) is 5.32 Å². The quantitative estimate of drug-likeness (QED) is 0.870. The molecule has 1 amide bonds. The maximum atomic E-state index is 11.7. The number of hydrogen-bond donors (Lipinski definition) is 1. The third kappa shape index (κ3) is 3.00. The molecular formula is C15H13NO4. The molecule has 0 saturated heterocycles. The van der Waals surface area contributed by atoms with Crippen molar-refractivity contribution < 1.29 is 14.0 Å². The molecule has 2 aromatic rings. The fraction of sp³-hybridized carbons (Fsp3) is 0.133. The number of rotatable bonds is 3. The van der Waals surface area contributed by atoms with Gasteiger partial charge in [-0.25, -0.2) is 4.79 Å². The highest BCUT2D eigenvalue weighted by molar-refractivity contribution is 5.94. The third-order valence-electron chi connectivity index (χ3n) is 2.71. The molecule has 0 unspecified atom stereocenters. The number of amides is 1. The normalized spacial score (nSPS) is 10.1. The minimum Gasteiger partial charge on any atom is -0.421 e. The Kier molecular flexibility index (Phi) is 3.79. The third-order valence-corrected chi connectivity index (χ3v) is 2.71. The molecule has 102 valence electrons. The molecule has 0 fully saturated rings. The Morgan fingerprint density at radius 1 is 1.00 bits per heavy atom. The van der Waals surface area contributed by atoms with Crippen LogP contribution in [0.5, 0.6) is 0 Å². The van der Waals surface area contributed by atoms with Crippen molar-refractivity contribution in [2.45, 2.75) is 13.8 Å². The van der Waals surface area contributed by atoms with Crippen molar-refractivity contribution in [1.82, 2.24) is 0 Å². The fourth-order valence-corrected chi connectivity index (χ4v) is 1.72. The minimum atomic E-state index is -0.617. The van der Waals surface area contributed by atoms with Crippen LogP contribution in [0.2, 0.25) is 0 Å². The summed E-state index contributed by atoms with van der Waals surface area (Å²) < 4.78 is 5.14. The first-order chi connectivity index (χ1) is 9.47. The second-order valence-electron chi connectivity index (χ2n) is 4.32. The van der Waals surface area contributed by atoms with Crippen molar-refractivity contribution in [2.24, 2.45) is 0 Å². The molecule has 1 heterocycles. The Bertz CT molecular complexity index is 713. The summed E-state index contributed by atoms with van der Waals surface area (Å²) in [6, 6.07) is 9.82. The smallest absolute Gasteiger partial charge is 0.360 e.